The molecule has 0 spiro atoms. The van der Waals surface area contributed by atoms with E-state index in [4.69, 9.17) is 0 Å². The zero-order valence-electron chi connectivity index (χ0n) is 14.9. The van der Waals surface area contributed by atoms with E-state index in [0.717, 1.165) is 21.5 Å². The predicted octanol–water partition coefficient (Wildman–Crippen LogP) is 5.09. The number of fused-ring (bicyclic) bond motifs is 1. The number of nitrogens with zero attached hydrogens (tertiary/aromatic N) is 3. The molecule has 0 aliphatic heterocycles. The molecule has 2 heterocycles. The van der Waals surface area contributed by atoms with Crippen molar-refractivity contribution in [3.8, 4) is 0 Å². The fourth-order valence-corrected chi connectivity index (χ4v) is 3.72. The van der Waals surface area contributed by atoms with Crippen LogP contribution in [0.5, 0.6) is 0 Å². The van der Waals surface area contributed by atoms with Gasteiger partial charge in [-0.15, -0.1) is 11.3 Å². The Labute approximate surface area is 162 Å². The zero-order valence-corrected chi connectivity index (χ0v) is 15.8. The van der Waals surface area contributed by atoms with Crippen molar-refractivity contribution >= 4 is 28.1 Å². The van der Waals surface area contributed by atoms with Crippen LogP contribution >= 0.6 is 11.3 Å². The first-order chi connectivity index (χ1) is 13.2. The molecule has 5 heteroatoms. The van der Waals surface area contributed by atoms with Crippen LogP contribution in [0.15, 0.2) is 78.3 Å². The molecule has 0 bridgehead atoms. The minimum absolute atomic E-state index is 0.0872. The van der Waals surface area contributed by atoms with E-state index < -0.39 is 0 Å². The van der Waals surface area contributed by atoms with E-state index in [2.05, 4.69) is 9.97 Å². The summed E-state index contributed by atoms with van der Waals surface area (Å²) in [5.41, 5.74) is 2.36. The Bertz CT molecular complexity index is 1050. The number of hydrogen-bond acceptors (Lipinski definition) is 4. The fraction of sp³-hybridized carbons (Fsp3) is 0.136. The SMILES string of the molecule is C[C@@H](c1ccccc1)N(Cc1nccs1)C(=O)c1ccc2ccccc2n1. The lowest BCUT2D eigenvalue weighted by atomic mass is 10.1. The first kappa shape index (κ1) is 17.4. The summed E-state index contributed by atoms with van der Waals surface area (Å²) >= 11 is 1.55. The van der Waals surface area contributed by atoms with Crippen LogP contribution in [0.4, 0.5) is 0 Å². The van der Waals surface area contributed by atoms with Gasteiger partial charge in [-0.25, -0.2) is 9.97 Å². The summed E-state index contributed by atoms with van der Waals surface area (Å²) in [5, 5.41) is 3.86. The van der Waals surface area contributed by atoms with Gasteiger partial charge >= 0.3 is 0 Å². The number of aromatic nitrogens is 2. The average Bonchev–Trinajstić information content (AvgIpc) is 3.24. The highest BCUT2D eigenvalue weighted by Gasteiger charge is 2.25. The van der Waals surface area contributed by atoms with Crippen molar-refractivity contribution in [1.29, 1.82) is 0 Å². The van der Waals surface area contributed by atoms with Crippen LogP contribution in [0.1, 0.15) is 34.0 Å². The second-order valence-corrected chi connectivity index (χ2v) is 7.31. The van der Waals surface area contributed by atoms with Crippen LogP contribution in [-0.2, 0) is 6.54 Å². The summed E-state index contributed by atoms with van der Waals surface area (Å²) in [6.45, 7) is 2.50. The molecule has 1 amide bonds. The van der Waals surface area contributed by atoms with Gasteiger partial charge in [-0.1, -0.05) is 54.6 Å². The molecule has 0 saturated carbocycles. The minimum Gasteiger partial charge on any atom is -0.324 e. The molecule has 2 aromatic carbocycles. The van der Waals surface area contributed by atoms with Crippen LogP contribution in [0.25, 0.3) is 10.9 Å². The first-order valence-electron chi connectivity index (χ1n) is 8.82. The van der Waals surface area contributed by atoms with Crippen molar-refractivity contribution in [3.63, 3.8) is 0 Å². The summed E-state index contributed by atoms with van der Waals surface area (Å²) in [6, 6.07) is 21.5. The van der Waals surface area contributed by atoms with E-state index in [1.807, 2.05) is 77.9 Å². The van der Waals surface area contributed by atoms with Crippen molar-refractivity contribution in [3.05, 3.63) is 94.6 Å². The first-order valence-corrected chi connectivity index (χ1v) is 9.70. The number of amides is 1. The fourth-order valence-electron chi connectivity index (χ4n) is 3.11. The monoisotopic (exact) mass is 373 g/mol. The third-order valence-corrected chi connectivity index (χ3v) is 5.38. The number of pyridine rings is 1. The standard InChI is InChI=1S/C22H19N3OS/c1-16(17-7-3-2-4-8-17)25(15-21-23-13-14-27-21)22(26)20-12-11-18-9-5-6-10-19(18)24-20/h2-14,16H,15H2,1H3/t16-/m0/s1. The van der Waals surface area contributed by atoms with Gasteiger partial charge in [0.15, 0.2) is 0 Å². The van der Waals surface area contributed by atoms with Gasteiger partial charge in [0, 0.05) is 17.0 Å². The number of carbonyl (C=O) groups excluding carboxylic acids is 1. The van der Waals surface area contributed by atoms with Crippen molar-refractivity contribution in [1.82, 2.24) is 14.9 Å². The molecule has 0 saturated heterocycles. The highest BCUT2D eigenvalue weighted by Crippen LogP contribution is 2.25. The van der Waals surface area contributed by atoms with E-state index in [-0.39, 0.29) is 11.9 Å². The maximum atomic E-state index is 13.4. The molecule has 2 aromatic heterocycles. The number of para-hydroxylation sites is 1. The lowest BCUT2D eigenvalue weighted by Crippen LogP contribution is -2.33. The van der Waals surface area contributed by atoms with Crippen LogP contribution in [-0.4, -0.2) is 20.8 Å². The van der Waals surface area contributed by atoms with Gasteiger partial charge in [0.2, 0.25) is 0 Å². The summed E-state index contributed by atoms with van der Waals surface area (Å²) in [7, 11) is 0. The van der Waals surface area contributed by atoms with Crippen LogP contribution < -0.4 is 0 Å². The quantitative estimate of drug-likeness (QED) is 0.489. The molecular formula is C22H19N3OS. The minimum atomic E-state index is -0.0905. The van der Waals surface area contributed by atoms with Crippen LogP contribution in [0.3, 0.4) is 0 Å². The van der Waals surface area contributed by atoms with Crippen molar-refractivity contribution in [2.24, 2.45) is 0 Å². The Morgan fingerprint density at radius 2 is 1.81 bits per heavy atom. The van der Waals surface area contributed by atoms with Gasteiger partial charge in [-0.3, -0.25) is 4.79 Å². The number of thiazole rings is 1. The molecule has 0 aliphatic carbocycles. The summed E-state index contributed by atoms with van der Waals surface area (Å²) in [6.07, 6.45) is 1.77. The largest absolute Gasteiger partial charge is 0.324 e. The van der Waals surface area contributed by atoms with E-state index in [0.29, 0.717) is 12.2 Å². The summed E-state index contributed by atoms with van der Waals surface area (Å²) in [5.74, 6) is -0.0905. The van der Waals surface area contributed by atoms with E-state index in [1.165, 1.54) is 0 Å². The van der Waals surface area contributed by atoms with Gasteiger partial charge in [0.05, 0.1) is 18.1 Å². The van der Waals surface area contributed by atoms with Gasteiger partial charge in [0.25, 0.3) is 5.91 Å². The molecule has 4 rings (SSSR count). The topological polar surface area (TPSA) is 46.1 Å². The normalized spacial score (nSPS) is 12.0. The second kappa shape index (κ2) is 7.68. The number of carbonyl (C=O) groups is 1. The molecule has 0 fully saturated rings. The van der Waals surface area contributed by atoms with Crippen LogP contribution in [0, 0.1) is 0 Å². The maximum absolute atomic E-state index is 13.4. The van der Waals surface area contributed by atoms with Crippen molar-refractivity contribution in [2.75, 3.05) is 0 Å². The Kier molecular flexibility index (Phi) is 4.94. The number of rotatable bonds is 5. The summed E-state index contributed by atoms with van der Waals surface area (Å²) < 4.78 is 0. The third kappa shape index (κ3) is 3.73. The average molecular weight is 373 g/mol. The zero-order chi connectivity index (χ0) is 18.6. The Morgan fingerprint density at radius 1 is 1.04 bits per heavy atom. The third-order valence-electron chi connectivity index (χ3n) is 4.62. The van der Waals surface area contributed by atoms with Gasteiger partial charge in [0.1, 0.15) is 10.7 Å². The Hall–Kier alpha value is -3.05. The molecule has 0 radical (unpaired) electrons. The number of hydrogen-bond donors (Lipinski definition) is 0. The molecule has 134 valence electrons. The molecule has 0 N–H and O–H groups in total. The predicted molar refractivity (Wildman–Crippen MR) is 109 cm³/mol. The van der Waals surface area contributed by atoms with Crippen molar-refractivity contribution in [2.45, 2.75) is 19.5 Å². The molecule has 1 atom stereocenters. The van der Waals surface area contributed by atoms with E-state index in [1.54, 1.807) is 23.6 Å². The number of benzene rings is 2. The smallest absolute Gasteiger partial charge is 0.273 e. The lowest BCUT2D eigenvalue weighted by Gasteiger charge is -2.28. The highest BCUT2D eigenvalue weighted by molar-refractivity contribution is 7.09. The Morgan fingerprint density at radius 3 is 2.59 bits per heavy atom. The van der Waals surface area contributed by atoms with Gasteiger partial charge in [-0.2, -0.15) is 0 Å². The molecule has 0 unspecified atom stereocenters. The Balaban J connectivity index is 1.70. The molecular weight excluding hydrogens is 354 g/mol. The van der Waals surface area contributed by atoms with E-state index >= 15 is 0 Å². The summed E-state index contributed by atoms with van der Waals surface area (Å²) in [4.78, 5) is 24.2. The highest BCUT2D eigenvalue weighted by atomic mass is 32.1. The molecule has 0 aliphatic rings. The van der Waals surface area contributed by atoms with Gasteiger partial charge < -0.3 is 4.90 Å². The van der Waals surface area contributed by atoms with Gasteiger partial charge in [-0.05, 0) is 24.6 Å². The van der Waals surface area contributed by atoms with Crippen LogP contribution in [0.2, 0.25) is 0 Å². The molecule has 4 aromatic rings. The lowest BCUT2D eigenvalue weighted by molar-refractivity contribution is 0.0668. The molecule has 4 nitrogen and oxygen atoms in total. The van der Waals surface area contributed by atoms with E-state index in [9.17, 15) is 4.79 Å². The second-order valence-electron chi connectivity index (χ2n) is 6.33. The molecule has 27 heavy (non-hydrogen) atoms. The maximum Gasteiger partial charge on any atom is 0.273 e. The van der Waals surface area contributed by atoms with Crippen molar-refractivity contribution < 1.29 is 4.79 Å².